The number of ether oxygens (including phenoxy) is 12. The lowest BCUT2D eigenvalue weighted by Crippen LogP contribution is -2.16. The molecule has 16 heteroatoms. The van der Waals surface area contributed by atoms with E-state index in [-0.39, 0.29) is 75.1 Å². The molecule has 0 aliphatic heterocycles. The van der Waals surface area contributed by atoms with E-state index in [1.807, 2.05) is 27.7 Å². The Hall–Kier alpha value is -5.04. The van der Waals surface area contributed by atoms with Gasteiger partial charge in [-0.15, -0.1) is 0 Å². The molecule has 0 saturated carbocycles. The molecule has 5 aromatic rings. The summed E-state index contributed by atoms with van der Waals surface area (Å²) in [6, 6.07) is 13.5. The van der Waals surface area contributed by atoms with Crippen molar-refractivity contribution in [3.8, 4) is 0 Å². The maximum absolute atomic E-state index is 13.9. The number of hydrogen-bond donors (Lipinski definition) is 0. The van der Waals surface area contributed by atoms with Gasteiger partial charge in [-0.3, -0.25) is 0 Å². The molecule has 64 heavy (non-hydrogen) atoms. The number of rotatable bonds is 32. The van der Waals surface area contributed by atoms with Crippen molar-refractivity contribution in [2.75, 3.05) is 132 Å². The molecule has 16 nitrogen and oxygen atoms in total. The average molecular weight is 893 g/mol. The number of benzene rings is 5. The van der Waals surface area contributed by atoms with Crippen molar-refractivity contribution in [2.45, 2.75) is 27.7 Å². The predicted octanol–water partition coefficient (Wildman–Crippen LogP) is 6.58. The lowest BCUT2D eigenvalue weighted by atomic mass is 9.84. The van der Waals surface area contributed by atoms with Gasteiger partial charge < -0.3 is 56.8 Å². The molecule has 0 radical (unpaired) electrons. The predicted molar refractivity (Wildman–Crippen MR) is 238 cm³/mol. The number of esters is 4. The van der Waals surface area contributed by atoms with Crippen molar-refractivity contribution in [3.05, 3.63) is 70.8 Å². The van der Waals surface area contributed by atoms with E-state index in [4.69, 9.17) is 56.8 Å². The van der Waals surface area contributed by atoms with Gasteiger partial charge in [-0.2, -0.15) is 0 Å². The fraction of sp³-hybridized carbons (Fsp3) is 0.500. The van der Waals surface area contributed by atoms with Crippen molar-refractivity contribution < 1.29 is 76.0 Å². The van der Waals surface area contributed by atoms with Gasteiger partial charge in [-0.25, -0.2) is 19.2 Å². The smallest absolute Gasteiger partial charge is 0.338 e. The van der Waals surface area contributed by atoms with Crippen LogP contribution >= 0.6 is 0 Å². The van der Waals surface area contributed by atoms with Gasteiger partial charge in [-0.05, 0) is 84.3 Å². The van der Waals surface area contributed by atoms with E-state index < -0.39 is 23.9 Å². The highest BCUT2D eigenvalue weighted by Crippen LogP contribution is 2.44. The van der Waals surface area contributed by atoms with Gasteiger partial charge in [0, 0.05) is 37.2 Å². The summed E-state index contributed by atoms with van der Waals surface area (Å²) in [5, 5.41) is 4.37. The van der Waals surface area contributed by atoms with Crippen molar-refractivity contribution in [2.24, 2.45) is 0 Å². The molecule has 0 N–H and O–H groups in total. The second-order valence-corrected chi connectivity index (χ2v) is 13.9. The molecule has 0 aliphatic carbocycles. The SMILES string of the molecule is CCOCCOCCOC(=O)c1ccc2c3ccc(C(=O)OCCOCCOCC)c4c(C(=O)OCCOCCOCC)ccc(c5ccc(C(=O)OCCOCCOCC)c1c25)c43. The lowest BCUT2D eigenvalue weighted by Gasteiger charge is -2.20. The molecule has 0 fully saturated rings. The summed E-state index contributed by atoms with van der Waals surface area (Å²) in [5.41, 5.74) is 0.562. The quantitative estimate of drug-likeness (QED) is 0.0149. The van der Waals surface area contributed by atoms with Crippen LogP contribution in [0.4, 0.5) is 0 Å². The standard InChI is InChI=1S/C48H60O16/c1-5-53-17-21-57-25-29-61-45(49)37-13-9-33-35-11-15-39(47(51)63-31-27-59-23-19-55-7-3)44-40(48(52)64-32-28-60-24-20-56-8-4)16-12-36(42(35)44)34-10-14-38(43(37)41(33)34)46(50)62-30-26-58-22-18-54-6-2/h9-16H,5-8,17-32H2,1-4H3. The first kappa shape index (κ1) is 50.0. The largest absolute Gasteiger partial charge is 0.460 e. The van der Waals surface area contributed by atoms with E-state index in [0.717, 1.165) is 0 Å². The summed E-state index contributed by atoms with van der Waals surface area (Å²) < 4.78 is 66.1. The number of carbonyl (C=O) groups excluding carboxylic acids is 4. The molecular weight excluding hydrogens is 833 g/mol. The monoisotopic (exact) mass is 892 g/mol. The van der Waals surface area contributed by atoms with E-state index in [1.165, 1.54) is 0 Å². The number of carbonyl (C=O) groups is 4. The molecule has 0 saturated heterocycles. The fourth-order valence-electron chi connectivity index (χ4n) is 7.11. The molecule has 5 rings (SSSR count). The Bertz CT molecular complexity index is 1950. The molecule has 0 aromatic heterocycles. The Kier molecular flexibility index (Phi) is 21.3. The van der Waals surface area contributed by atoms with Crippen molar-refractivity contribution >= 4 is 67.0 Å². The third-order valence-electron chi connectivity index (χ3n) is 9.93. The first-order valence-corrected chi connectivity index (χ1v) is 21.9. The molecule has 0 unspecified atom stereocenters. The zero-order valence-electron chi connectivity index (χ0n) is 37.3. The average Bonchev–Trinajstić information content (AvgIpc) is 3.31. The van der Waals surface area contributed by atoms with Crippen molar-refractivity contribution in [3.63, 3.8) is 0 Å². The third kappa shape index (κ3) is 13.5. The molecule has 0 heterocycles. The van der Waals surface area contributed by atoms with Gasteiger partial charge in [0.15, 0.2) is 0 Å². The summed E-state index contributed by atoms with van der Waals surface area (Å²) in [6.45, 7) is 13.3. The normalized spacial score (nSPS) is 11.6. The van der Waals surface area contributed by atoms with Crippen LogP contribution in [0.1, 0.15) is 69.1 Å². The van der Waals surface area contributed by atoms with Crippen LogP contribution in [0.15, 0.2) is 48.5 Å². The summed E-state index contributed by atoms with van der Waals surface area (Å²) in [4.78, 5) is 55.5. The van der Waals surface area contributed by atoms with Crippen LogP contribution in [0, 0.1) is 0 Å². The molecule has 0 spiro atoms. The van der Waals surface area contributed by atoms with E-state index >= 15 is 0 Å². The Morgan fingerprint density at radius 3 is 0.703 bits per heavy atom. The molecular formula is C48H60O16. The summed E-state index contributed by atoms with van der Waals surface area (Å²) in [5.74, 6) is -2.66. The molecule has 0 amide bonds. The first-order chi connectivity index (χ1) is 31.4. The summed E-state index contributed by atoms with van der Waals surface area (Å²) >= 11 is 0. The van der Waals surface area contributed by atoms with Crippen LogP contribution in [-0.2, 0) is 56.8 Å². The third-order valence-corrected chi connectivity index (χ3v) is 9.93. The number of hydrogen-bond acceptors (Lipinski definition) is 16. The van der Waals surface area contributed by atoms with Gasteiger partial charge >= 0.3 is 23.9 Å². The van der Waals surface area contributed by atoms with Gasteiger partial charge in [0.1, 0.15) is 26.4 Å². The second-order valence-electron chi connectivity index (χ2n) is 13.9. The van der Waals surface area contributed by atoms with Crippen molar-refractivity contribution in [1.82, 2.24) is 0 Å². The van der Waals surface area contributed by atoms with Crippen molar-refractivity contribution in [1.29, 1.82) is 0 Å². The van der Waals surface area contributed by atoms with Crippen LogP contribution in [0.3, 0.4) is 0 Å². The molecule has 0 bridgehead atoms. The maximum atomic E-state index is 13.9. The first-order valence-electron chi connectivity index (χ1n) is 21.9. The van der Waals surface area contributed by atoms with Gasteiger partial charge in [0.2, 0.25) is 0 Å². The highest BCUT2D eigenvalue weighted by Gasteiger charge is 2.27. The van der Waals surface area contributed by atoms with Crippen LogP contribution in [0.2, 0.25) is 0 Å². The highest BCUT2D eigenvalue weighted by atomic mass is 16.6. The Labute approximate surface area is 372 Å². The highest BCUT2D eigenvalue weighted by molar-refractivity contribution is 6.38. The minimum atomic E-state index is -0.665. The number of fused-ring (bicyclic) bond motifs is 2. The fourth-order valence-corrected chi connectivity index (χ4v) is 7.11. The Morgan fingerprint density at radius 1 is 0.281 bits per heavy atom. The van der Waals surface area contributed by atoms with Gasteiger partial charge in [0.05, 0.1) is 102 Å². The topological polar surface area (TPSA) is 179 Å². The summed E-state index contributed by atoms with van der Waals surface area (Å²) in [7, 11) is 0. The zero-order chi connectivity index (χ0) is 45.5. The molecule has 0 atom stereocenters. The second kappa shape index (κ2) is 27.3. The van der Waals surface area contributed by atoms with Crippen LogP contribution < -0.4 is 0 Å². The lowest BCUT2D eigenvalue weighted by molar-refractivity contribution is 0.0157. The van der Waals surface area contributed by atoms with Crippen LogP contribution in [0.5, 0.6) is 0 Å². The van der Waals surface area contributed by atoms with E-state index in [1.54, 1.807) is 48.5 Å². The van der Waals surface area contributed by atoms with Gasteiger partial charge in [0.25, 0.3) is 0 Å². The Morgan fingerprint density at radius 2 is 0.484 bits per heavy atom. The zero-order valence-corrected chi connectivity index (χ0v) is 37.3. The van der Waals surface area contributed by atoms with Gasteiger partial charge in [-0.1, -0.05) is 24.3 Å². The maximum Gasteiger partial charge on any atom is 0.338 e. The van der Waals surface area contributed by atoms with Crippen LogP contribution in [0.25, 0.3) is 43.1 Å². The summed E-state index contributed by atoms with van der Waals surface area (Å²) in [6.07, 6.45) is 0. The van der Waals surface area contributed by atoms with Crippen LogP contribution in [-0.4, -0.2) is 156 Å². The van der Waals surface area contributed by atoms with E-state index in [0.29, 0.717) is 122 Å². The molecule has 5 aromatic carbocycles. The minimum Gasteiger partial charge on any atom is -0.460 e. The van der Waals surface area contributed by atoms with E-state index in [2.05, 4.69) is 0 Å². The molecule has 0 aliphatic rings. The molecule has 348 valence electrons. The minimum absolute atomic E-state index is 0.0363. The Balaban J connectivity index is 1.57. The van der Waals surface area contributed by atoms with E-state index in [9.17, 15) is 19.2 Å².